The van der Waals surface area contributed by atoms with E-state index < -0.39 is 0 Å². The SMILES string of the molecule is CCCCc1ccc2ccccc2c1-c1ccccc1P. The molecule has 0 radical (unpaired) electrons. The second-order valence-corrected chi connectivity index (χ2v) is 6.13. The standard InChI is InChI=1S/C20H21P/c1-2-3-8-16-14-13-15-9-4-5-10-17(15)20(16)18-11-6-7-12-19(18)21/h4-7,9-14H,2-3,8,21H2,1H3. The van der Waals surface area contributed by atoms with Crippen molar-refractivity contribution in [3.05, 3.63) is 66.2 Å². The Balaban J connectivity index is 2.28. The quantitative estimate of drug-likeness (QED) is 0.569. The van der Waals surface area contributed by atoms with Crippen molar-refractivity contribution in [2.45, 2.75) is 26.2 Å². The van der Waals surface area contributed by atoms with Crippen LogP contribution in [0.15, 0.2) is 60.7 Å². The molecule has 0 N–H and O–H groups in total. The maximum atomic E-state index is 2.88. The minimum Gasteiger partial charge on any atom is -0.105 e. The zero-order valence-corrected chi connectivity index (χ0v) is 13.6. The first-order chi connectivity index (χ1) is 10.3. The molecule has 0 aromatic heterocycles. The van der Waals surface area contributed by atoms with E-state index in [-0.39, 0.29) is 0 Å². The largest absolute Gasteiger partial charge is 0.105 e. The van der Waals surface area contributed by atoms with Gasteiger partial charge in [0.05, 0.1) is 0 Å². The molecule has 0 saturated carbocycles. The molecule has 0 amide bonds. The van der Waals surface area contributed by atoms with E-state index in [0.717, 1.165) is 6.42 Å². The van der Waals surface area contributed by atoms with Gasteiger partial charge in [0.25, 0.3) is 0 Å². The van der Waals surface area contributed by atoms with Gasteiger partial charge in [0.1, 0.15) is 0 Å². The Labute approximate surface area is 129 Å². The van der Waals surface area contributed by atoms with Gasteiger partial charge in [-0.1, -0.05) is 74.0 Å². The summed E-state index contributed by atoms with van der Waals surface area (Å²) in [6.07, 6.45) is 3.62. The van der Waals surface area contributed by atoms with Gasteiger partial charge in [-0.25, -0.2) is 0 Å². The van der Waals surface area contributed by atoms with Crippen LogP contribution in [0, 0.1) is 0 Å². The molecule has 1 unspecified atom stereocenters. The fourth-order valence-electron chi connectivity index (χ4n) is 2.93. The van der Waals surface area contributed by atoms with Gasteiger partial charge in [-0.2, -0.15) is 0 Å². The van der Waals surface area contributed by atoms with Crippen molar-refractivity contribution in [3.8, 4) is 11.1 Å². The normalized spacial score (nSPS) is 11.0. The minimum atomic E-state index is 1.15. The molecule has 0 nitrogen and oxygen atoms in total. The van der Waals surface area contributed by atoms with Gasteiger partial charge in [-0.15, -0.1) is 9.24 Å². The summed E-state index contributed by atoms with van der Waals surface area (Å²) >= 11 is 0. The molecule has 0 aliphatic rings. The number of aryl methyl sites for hydroxylation is 1. The lowest BCUT2D eigenvalue weighted by Gasteiger charge is -2.15. The van der Waals surface area contributed by atoms with Gasteiger partial charge in [0.2, 0.25) is 0 Å². The molecular weight excluding hydrogens is 271 g/mol. The van der Waals surface area contributed by atoms with Gasteiger partial charge in [0, 0.05) is 0 Å². The highest BCUT2D eigenvalue weighted by atomic mass is 31.0. The van der Waals surface area contributed by atoms with Gasteiger partial charge < -0.3 is 0 Å². The zero-order valence-electron chi connectivity index (χ0n) is 12.5. The van der Waals surface area contributed by atoms with E-state index in [1.165, 1.54) is 45.6 Å². The molecule has 0 bridgehead atoms. The minimum absolute atomic E-state index is 1.15. The summed E-state index contributed by atoms with van der Waals surface area (Å²) in [5.74, 6) is 0. The van der Waals surface area contributed by atoms with Crippen molar-refractivity contribution in [2.24, 2.45) is 0 Å². The van der Waals surface area contributed by atoms with Crippen molar-refractivity contribution in [1.82, 2.24) is 0 Å². The zero-order chi connectivity index (χ0) is 14.7. The molecule has 3 rings (SSSR count). The first-order valence-corrected chi connectivity index (χ1v) is 8.24. The van der Waals surface area contributed by atoms with E-state index in [9.17, 15) is 0 Å². The molecule has 0 fully saturated rings. The number of benzene rings is 3. The summed E-state index contributed by atoms with van der Waals surface area (Å²) in [6.45, 7) is 2.25. The van der Waals surface area contributed by atoms with Crippen LogP contribution in [0.2, 0.25) is 0 Å². The third-order valence-electron chi connectivity index (χ3n) is 4.05. The smallest absolute Gasteiger partial charge is 0.00671 e. The number of unbranched alkanes of at least 4 members (excludes halogenated alkanes) is 1. The molecule has 1 heteroatoms. The molecule has 0 aliphatic heterocycles. The van der Waals surface area contributed by atoms with Crippen LogP contribution in [-0.2, 0) is 6.42 Å². The van der Waals surface area contributed by atoms with Gasteiger partial charge in [0.15, 0.2) is 0 Å². The van der Waals surface area contributed by atoms with Crippen molar-refractivity contribution in [3.63, 3.8) is 0 Å². The second kappa shape index (κ2) is 6.41. The molecule has 21 heavy (non-hydrogen) atoms. The third kappa shape index (κ3) is 2.87. The third-order valence-corrected chi connectivity index (χ3v) is 4.55. The number of rotatable bonds is 4. The average molecular weight is 292 g/mol. The van der Waals surface area contributed by atoms with Gasteiger partial charge in [-0.3, -0.25) is 0 Å². The Bertz CT molecular complexity index is 759. The van der Waals surface area contributed by atoms with Crippen molar-refractivity contribution >= 4 is 25.3 Å². The van der Waals surface area contributed by atoms with E-state index >= 15 is 0 Å². The van der Waals surface area contributed by atoms with Gasteiger partial charge in [-0.05, 0) is 45.6 Å². The Morgan fingerprint density at radius 3 is 2.43 bits per heavy atom. The topological polar surface area (TPSA) is 0 Å². The van der Waals surface area contributed by atoms with Gasteiger partial charge >= 0.3 is 0 Å². The first-order valence-electron chi connectivity index (χ1n) is 7.66. The molecule has 3 aromatic carbocycles. The Hall–Kier alpha value is -1.65. The molecule has 0 spiro atoms. The summed E-state index contributed by atoms with van der Waals surface area (Å²) in [6, 6.07) is 21.9. The summed E-state index contributed by atoms with van der Waals surface area (Å²) in [4.78, 5) is 0. The molecule has 0 saturated heterocycles. The average Bonchev–Trinajstić information content (AvgIpc) is 2.53. The monoisotopic (exact) mass is 292 g/mol. The molecule has 106 valence electrons. The van der Waals surface area contributed by atoms with Crippen LogP contribution >= 0.6 is 9.24 Å². The van der Waals surface area contributed by atoms with Crippen LogP contribution < -0.4 is 5.30 Å². The first kappa shape index (κ1) is 14.3. The molecule has 0 aliphatic carbocycles. The lowest BCUT2D eigenvalue weighted by atomic mass is 9.91. The number of hydrogen-bond donors (Lipinski definition) is 0. The van der Waals surface area contributed by atoms with Crippen molar-refractivity contribution < 1.29 is 0 Å². The summed E-state index contributed by atoms with van der Waals surface area (Å²) in [7, 11) is 2.88. The van der Waals surface area contributed by atoms with E-state index in [0.29, 0.717) is 0 Å². The second-order valence-electron chi connectivity index (χ2n) is 5.51. The van der Waals surface area contributed by atoms with Crippen LogP contribution in [0.25, 0.3) is 21.9 Å². The number of hydrogen-bond acceptors (Lipinski definition) is 0. The van der Waals surface area contributed by atoms with E-state index in [1.807, 2.05) is 0 Å². The molecule has 3 aromatic rings. The van der Waals surface area contributed by atoms with E-state index in [1.54, 1.807) is 0 Å². The van der Waals surface area contributed by atoms with Crippen molar-refractivity contribution in [2.75, 3.05) is 0 Å². The van der Waals surface area contributed by atoms with Crippen LogP contribution in [0.5, 0.6) is 0 Å². The Morgan fingerprint density at radius 2 is 1.62 bits per heavy atom. The molecular formula is C20H21P. The predicted molar refractivity (Wildman–Crippen MR) is 97.3 cm³/mol. The fourth-order valence-corrected chi connectivity index (χ4v) is 3.29. The molecule has 0 heterocycles. The maximum absolute atomic E-state index is 2.88. The maximum Gasteiger partial charge on any atom is -0.00671 e. The summed E-state index contributed by atoms with van der Waals surface area (Å²) in [5.41, 5.74) is 4.21. The number of fused-ring (bicyclic) bond motifs is 1. The predicted octanol–water partition coefficient (Wildman–Crippen LogP) is 5.35. The van der Waals surface area contributed by atoms with E-state index in [2.05, 4.69) is 76.8 Å². The Kier molecular flexibility index (Phi) is 4.36. The Morgan fingerprint density at radius 1 is 0.857 bits per heavy atom. The highest BCUT2D eigenvalue weighted by Gasteiger charge is 2.11. The molecule has 1 atom stereocenters. The fraction of sp³-hybridized carbons (Fsp3) is 0.200. The van der Waals surface area contributed by atoms with Crippen LogP contribution in [0.4, 0.5) is 0 Å². The van der Waals surface area contributed by atoms with Crippen LogP contribution in [0.3, 0.4) is 0 Å². The summed E-state index contributed by atoms with van der Waals surface area (Å²) in [5, 5.41) is 3.95. The highest BCUT2D eigenvalue weighted by Crippen LogP contribution is 2.33. The van der Waals surface area contributed by atoms with Crippen LogP contribution in [0.1, 0.15) is 25.3 Å². The van der Waals surface area contributed by atoms with E-state index in [4.69, 9.17) is 0 Å². The lowest BCUT2D eigenvalue weighted by Crippen LogP contribution is -2.00. The highest BCUT2D eigenvalue weighted by molar-refractivity contribution is 7.28. The van der Waals surface area contributed by atoms with Crippen molar-refractivity contribution in [1.29, 1.82) is 0 Å². The lowest BCUT2D eigenvalue weighted by molar-refractivity contribution is 0.797. The van der Waals surface area contributed by atoms with Crippen LogP contribution in [-0.4, -0.2) is 0 Å². The summed E-state index contributed by atoms with van der Waals surface area (Å²) < 4.78 is 0.